The molecule has 1 fully saturated rings. The first kappa shape index (κ1) is 23.2. The van der Waals surface area contributed by atoms with E-state index in [1.807, 2.05) is 73.7 Å². The predicted molar refractivity (Wildman–Crippen MR) is 139 cm³/mol. The minimum absolute atomic E-state index is 0.0547. The molecule has 2 aromatic carbocycles. The van der Waals surface area contributed by atoms with Crippen molar-refractivity contribution in [3.05, 3.63) is 89.1 Å². The Morgan fingerprint density at radius 1 is 0.973 bits per heavy atom. The maximum Gasteiger partial charge on any atom is 0.226 e. The first-order valence-corrected chi connectivity index (χ1v) is 12.5. The van der Waals surface area contributed by atoms with Crippen molar-refractivity contribution in [3.63, 3.8) is 0 Å². The fourth-order valence-electron chi connectivity index (χ4n) is 4.93. The second-order valence-corrected chi connectivity index (χ2v) is 9.26. The van der Waals surface area contributed by atoms with E-state index in [4.69, 9.17) is 14.6 Å². The number of carbonyl (C=O) groups excluding carboxylic acids is 1. The number of benzene rings is 2. The molecule has 1 amide bonds. The number of fused-ring (bicyclic) bond motifs is 1. The smallest absolute Gasteiger partial charge is 0.226 e. The summed E-state index contributed by atoms with van der Waals surface area (Å²) in [5.41, 5.74) is 4.00. The highest BCUT2D eigenvalue weighted by Crippen LogP contribution is 2.40. The van der Waals surface area contributed by atoms with Gasteiger partial charge in [0.05, 0.1) is 18.9 Å². The molecule has 0 aliphatic carbocycles. The molecule has 0 saturated carbocycles. The number of anilines is 2. The minimum Gasteiger partial charge on any atom is -0.489 e. The third-order valence-corrected chi connectivity index (χ3v) is 6.82. The van der Waals surface area contributed by atoms with E-state index in [1.54, 1.807) is 4.68 Å². The van der Waals surface area contributed by atoms with Crippen LogP contribution in [0.25, 0.3) is 5.82 Å². The highest BCUT2D eigenvalue weighted by Gasteiger charge is 2.33. The summed E-state index contributed by atoms with van der Waals surface area (Å²) in [6, 6.07) is 21.9. The Kier molecular flexibility index (Phi) is 6.28. The topological polar surface area (TPSA) is 94.4 Å². The Balaban J connectivity index is 1.24. The van der Waals surface area contributed by atoms with Crippen molar-refractivity contribution in [3.8, 4) is 11.6 Å². The number of nitrogens with zero attached hydrogens (tertiary/aromatic N) is 5. The SMILES string of the molecule is Cc1nn(-c2ccc(N3CCOCC3)nn2)c2c1[C@H](c1ccc(OCc3ccccc3)cc1)CC(=O)N2. The Bertz CT molecular complexity index is 1380. The van der Waals surface area contributed by atoms with Gasteiger partial charge in [-0.1, -0.05) is 42.5 Å². The lowest BCUT2D eigenvalue weighted by Crippen LogP contribution is -2.36. The quantitative estimate of drug-likeness (QED) is 0.433. The van der Waals surface area contributed by atoms with Crippen molar-refractivity contribution in [1.82, 2.24) is 20.0 Å². The molecule has 1 N–H and O–H groups in total. The second kappa shape index (κ2) is 10.0. The molecular formula is C28H28N6O3. The molecule has 4 heterocycles. The molecule has 0 radical (unpaired) electrons. The molecule has 9 heteroatoms. The number of hydrogen-bond acceptors (Lipinski definition) is 7. The molecule has 0 bridgehead atoms. The van der Waals surface area contributed by atoms with Gasteiger partial charge in [0, 0.05) is 31.0 Å². The fraction of sp³-hybridized carbons (Fsp3) is 0.286. The van der Waals surface area contributed by atoms with E-state index >= 15 is 0 Å². The fourth-order valence-corrected chi connectivity index (χ4v) is 4.93. The predicted octanol–water partition coefficient (Wildman–Crippen LogP) is 3.86. The van der Waals surface area contributed by atoms with Crippen LogP contribution >= 0.6 is 0 Å². The van der Waals surface area contributed by atoms with Crippen molar-refractivity contribution in [2.24, 2.45) is 0 Å². The molecular weight excluding hydrogens is 468 g/mol. The van der Waals surface area contributed by atoms with Gasteiger partial charge in [-0.15, -0.1) is 10.2 Å². The van der Waals surface area contributed by atoms with Gasteiger partial charge >= 0.3 is 0 Å². The van der Waals surface area contributed by atoms with Gasteiger partial charge in [-0.2, -0.15) is 9.78 Å². The van der Waals surface area contributed by atoms with Crippen LogP contribution in [0.5, 0.6) is 5.75 Å². The van der Waals surface area contributed by atoms with Crippen LogP contribution < -0.4 is 15.0 Å². The van der Waals surface area contributed by atoms with Crippen molar-refractivity contribution >= 4 is 17.5 Å². The lowest BCUT2D eigenvalue weighted by atomic mass is 9.86. The van der Waals surface area contributed by atoms with E-state index in [0.717, 1.165) is 47.0 Å². The maximum absolute atomic E-state index is 12.8. The zero-order chi connectivity index (χ0) is 25.2. The summed E-state index contributed by atoms with van der Waals surface area (Å²) in [5, 5.41) is 16.6. The molecule has 2 aromatic heterocycles. The number of amides is 1. The number of aryl methyl sites for hydroxylation is 1. The molecule has 0 unspecified atom stereocenters. The van der Waals surface area contributed by atoms with E-state index in [9.17, 15) is 4.79 Å². The first-order valence-electron chi connectivity index (χ1n) is 12.5. The molecule has 1 atom stereocenters. The minimum atomic E-state index is -0.110. The van der Waals surface area contributed by atoms with Crippen LogP contribution in [0.3, 0.4) is 0 Å². The van der Waals surface area contributed by atoms with E-state index < -0.39 is 0 Å². The van der Waals surface area contributed by atoms with Crippen molar-refractivity contribution in [2.75, 3.05) is 36.5 Å². The third-order valence-electron chi connectivity index (χ3n) is 6.82. The molecule has 9 nitrogen and oxygen atoms in total. The number of carbonyl (C=O) groups is 1. The van der Waals surface area contributed by atoms with Gasteiger partial charge in [0.25, 0.3) is 0 Å². The Hall–Kier alpha value is -4.24. The monoisotopic (exact) mass is 496 g/mol. The summed E-state index contributed by atoms with van der Waals surface area (Å²) < 4.78 is 13.0. The maximum atomic E-state index is 12.8. The van der Waals surface area contributed by atoms with E-state index in [-0.39, 0.29) is 11.8 Å². The molecule has 2 aliphatic rings. The van der Waals surface area contributed by atoms with Crippen LogP contribution in [0, 0.1) is 6.92 Å². The van der Waals surface area contributed by atoms with Crippen LogP contribution in [-0.2, 0) is 16.1 Å². The summed E-state index contributed by atoms with van der Waals surface area (Å²) in [4.78, 5) is 14.9. The van der Waals surface area contributed by atoms with E-state index in [0.29, 0.717) is 37.9 Å². The van der Waals surface area contributed by atoms with Crippen molar-refractivity contribution in [2.45, 2.75) is 25.9 Å². The van der Waals surface area contributed by atoms with Gasteiger partial charge in [0.1, 0.15) is 18.2 Å². The zero-order valence-electron chi connectivity index (χ0n) is 20.6. The van der Waals surface area contributed by atoms with Crippen LogP contribution in [0.1, 0.15) is 34.7 Å². The molecule has 0 spiro atoms. The summed E-state index contributed by atoms with van der Waals surface area (Å²) >= 11 is 0. The van der Waals surface area contributed by atoms with Crippen molar-refractivity contribution < 1.29 is 14.3 Å². The van der Waals surface area contributed by atoms with Crippen molar-refractivity contribution in [1.29, 1.82) is 0 Å². The summed E-state index contributed by atoms with van der Waals surface area (Å²) in [5.74, 6) is 2.64. The normalized spacial score (nSPS) is 17.3. The van der Waals surface area contributed by atoms with Crippen LogP contribution in [-0.4, -0.2) is 52.2 Å². The van der Waals surface area contributed by atoms with Crippen LogP contribution in [0.2, 0.25) is 0 Å². The lowest BCUT2D eigenvalue weighted by Gasteiger charge is -2.27. The van der Waals surface area contributed by atoms with Gasteiger partial charge in [0.2, 0.25) is 5.91 Å². The Morgan fingerprint density at radius 2 is 1.70 bits per heavy atom. The van der Waals surface area contributed by atoms with Gasteiger partial charge in [-0.3, -0.25) is 4.79 Å². The molecule has 188 valence electrons. The second-order valence-electron chi connectivity index (χ2n) is 9.26. The molecule has 6 rings (SSSR count). The molecule has 2 aliphatic heterocycles. The Morgan fingerprint density at radius 3 is 2.43 bits per heavy atom. The van der Waals surface area contributed by atoms with Crippen LogP contribution in [0.15, 0.2) is 66.7 Å². The third kappa shape index (κ3) is 4.77. The highest BCUT2D eigenvalue weighted by atomic mass is 16.5. The van der Waals surface area contributed by atoms with Gasteiger partial charge in [-0.25, -0.2) is 0 Å². The number of morpholine rings is 1. The first-order chi connectivity index (χ1) is 18.2. The molecule has 1 saturated heterocycles. The Labute approximate surface area is 215 Å². The average Bonchev–Trinajstić information content (AvgIpc) is 3.28. The average molecular weight is 497 g/mol. The highest BCUT2D eigenvalue weighted by molar-refractivity contribution is 5.95. The number of ether oxygens (including phenoxy) is 2. The largest absolute Gasteiger partial charge is 0.489 e. The number of hydrogen-bond donors (Lipinski definition) is 1. The molecule has 4 aromatic rings. The summed E-state index contributed by atoms with van der Waals surface area (Å²) in [6.45, 7) is 5.42. The number of rotatable bonds is 6. The lowest BCUT2D eigenvalue weighted by molar-refractivity contribution is -0.116. The summed E-state index contributed by atoms with van der Waals surface area (Å²) in [7, 11) is 0. The van der Waals surface area contributed by atoms with E-state index in [1.165, 1.54) is 0 Å². The number of nitrogens with one attached hydrogen (secondary N) is 1. The summed E-state index contributed by atoms with van der Waals surface area (Å²) in [6.07, 6.45) is 0.353. The standard InChI is InChI=1S/C28H28N6O3/c1-19-27-23(21-7-9-22(10-8-21)37-18-20-5-3-2-4-6-20)17-26(35)29-28(27)34(32-19)25-12-11-24(30-31-25)33-13-15-36-16-14-33/h2-12,23H,13-18H2,1H3,(H,29,35)/t23-/m0/s1. The van der Waals surface area contributed by atoms with Gasteiger partial charge < -0.3 is 19.7 Å². The van der Waals surface area contributed by atoms with Gasteiger partial charge in [0.15, 0.2) is 11.6 Å². The molecule has 37 heavy (non-hydrogen) atoms. The zero-order valence-corrected chi connectivity index (χ0v) is 20.6. The number of aromatic nitrogens is 4. The van der Waals surface area contributed by atoms with E-state index in [2.05, 4.69) is 20.4 Å². The van der Waals surface area contributed by atoms with Gasteiger partial charge in [-0.05, 0) is 42.3 Å². The van der Waals surface area contributed by atoms with Crippen LogP contribution in [0.4, 0.5) is 11.6 Å².